The van der Waals surface area contributed by atoms with Gasteiger partial charge in [0.1, 0.15) is 0 Å². The summed E-state index contributed by atoms with van der Waals surface area (Å²) in [6.07, 6.45) is 6.77. The summed E-state index contributed by atoms with van der Waals surface area (Å²) in [5, 5.41) is 3.71. The summed E-state index contributed by atoms with van der Waals surface area (Å²) in [7, 11) is 0. The predicted molar refractivity (Wildman–Crippen MR) is 82.7 cm³/mol. The zero-order valence-corrected chi connectivity index (χ0v) is 13.5. The lowest BCUT2D eigenvalue weighted by Gasteiger charge is -2.35. The highest BCUT2D eigenvalue weighted by molar-refractivity contribution is 4.78. The smallest absolute Gasteiger partial charge is 0.0518 e. The molecule has 0 atom stereocenters. The average molecular weight is 270 g/mol. The molecule has 1 aliphatic rings. The van der Waals surface area contributed by atoms with Crippen molar-refractivity contribution >= 4 is 0 Å². The fourth-order valence-electron chi connectivity index (χ4n) is 2.65. The van der Waals surface area contributed by atoms with Crippen LogP contribution >= 0.6 is 0 Å². The van der Waals surface area contributed by atoms with Crippen LogP contribution in [0.25, 0.3) is 0 Å². The maximum absolute atomic E-state index is 5.55. The van der Waals surface area contributed by atoms with Gasteiger partial charge in [0, 0.05) is 18.7 Å². The van der Waals surface area contributed by atoms with Crippen LogP contribution in [0.5, 0.6) is 0 Å². The Balaban J connectivity index is 1.91. The van der Waals surface area contributed by atoms with Crippen molar-refractivity contribution in [3.8, 4) is 0 Å². The Morgan fingerprint density at radius 1 is 1.05 bits per heavy atom. The van der Waals surface area contributed by atoms with Crippen molar-refractivity contribution < 1.29 is 4.74 Å². The predicted octanol–water partition coefficient (Wildman–Crippen LogP) is 3.04. The molecule has 19 heavy (non-hydrogen) atoms. The van der Waals surface area contributed by atoms with Gasteiger partial charge < -0.3 is 15.0 Å². The number of nitrogens with one attached hydrogen (secondary N) is 1. The van der Waals surface area contributed by atoms with E-state index in [0.29, 0.717) is 12.1 Å². The number of ether oxygens (including phenoxy) is 1. The van der Waals surface area contributed by atoms with Gasteiger partial charge in [-0.1, -0.05) is 0 Å². The van der Waals surface area contributed by atoms with Crippen molar-refractivity contribution in [2.45, 2.75) is 78.0 Å². The molecule has 0 bridgehead atoms. The van der Waals surface area contributed by atoms with Crippen molar-refractivity contribution in [3.63, 3.8) is 0 Å². The number of rotatable bonds is 9. The molecule has 3 nitrogen and oxygen atoms in total. The van der Waals surface area contributed by atoms with Gasteiger partial charge in [-0.2, -0.15) is 0 Å². The minimum atomic E-state index is 0.379. The van der Waals surface area contributed by atoms with Crippen molar-refractivity contribution in [1.82, 2.24) is 10.2 Å². The minimum Gasteiger partial charge on any atom is -0.379 e. The molecule has 0 radical (unpaired) electrons. The van der Waals surface area contributed by atoms with E-state index in [1.54, 1.807) is 0 Å². The summed E-state index contributed by atoms with van der Waals surface area (Å²) in [4.78, 5) is 2.58. The number of unbranched alkanes of at least 4 members (excludes halogenated alkanes) is 2. The van der Waals surface area contributed by atoms with Gasteiger partial charge in [-0.3, -0.25) is 0 Å². The molecule has 0 amide bonds. The fraction of sp³-hybridized carbons (Fsp3) is 1.00. The molecule has 0 aromatic carbocycles. The molecule has 114 valence electrons. The van der Waals surface area contributed by atoms with Crippen LogP contribution in [0.15, 0.2) is 0 Å². The van der Waals surface area contributed by atoms with Crippen molar-refractivity contribution in [3.05, 3.63) is 0 Å². The van der Waals surface area contributed by atoms with E-state index >= 15 is 0 Å². The van der Waals surface area contributed by atoms with Gasteiger partial charge in [-0.25, -0.2) is 0 Å². The van der Waals surface area contributed by atoms with Crippen LogP contribution in [0.2, 0.25) is 0 Å². The molecule has 3 heteroatoms. The van der Waals surface area contributed by atoms with Gasteiger partial charge in [0.2, 0.25) is 0 Å². The number of hydrogen-bond donors (Lipinski definition) is 1. The highest BCUT2D eigenvalue weighted by atomic mass is 16.5. The molecule has 1 fully saturated rings. The van der Waals surface area contributed by atoms with Gasteiger partial charge in [-0.05, 0) is 79.4 Å². The Bertz CT molecular complexity index is 211. The van der Waals surface area contributed by atoms with E-state index < -0.39 is 0 Å². The van der Waals surface area contributed by atoms with Crippen molar-refractivity contribution in [1.29, 1.82) is 0 Å². The van der Waals surface area contributed by atoms with Crippen LogP contribution in [0.3, 0.4) is 0 Å². The first kappa shape index (κ1) is 16.9. The fourth-order valence-corrected chi connectivity index (χ4v) is 2.65. The summed E-state index contributed by atoms with van der Waals surface area (Å²) in [5.41, 5.74) is 0. The zero-order chi connectivity index (χ0) is 14.1. The summed E-state index contributed by atoms with van der Waals surface area (Å²) in [6, 6.07) is 1.46. The van der Waals surface area contributed by atoms with Crippen LogP contribution in [0.1, 0.15) is 59.8 Å². The quantitative estimate of drug-likeness (QED) is 0.652. The Labute approximate surface area is 120 Å². The number of likely N-dealkylation sites (tertiary alicyclic amines) is 1. The maximum atomic E-state index is 5.55. The van der Waals surface area contributed by atoms with E-state index in [0.717, 1.165) is 12.6 Å². The van der Waals surface area contributed by atoms with Crippen LogP contribution in [-0.2, 0) is 4.74 Å². The topological polar surface area (TPSA) is 24.5 Å². The van der Waals surface area contributed by atoms with E-state index in [-0.39, 0.29) is 0 Å². The Morgan fingerprint density at radius 3 is 2.32 bits per heavy atom. The normalized spacial score (nSPS) is 18.6. The van der Waals surface area contributed by atoms with Gasteiger partial charge in [-0.15, -0.1) is 0 Å². The monoisotopic (exact) mass is 270 g/mol. The lowest BCUT2D eigenvalue weighted by Crippen LogP contribution is -2.45. The maximum Gasteiger partial charge on any atom is 0.0518 e. The first-order valence-corrected chi connectivity index (χ1v) is 8.18. The van der Waals surface area contributed by atoms with Gasteiger partial charge in [0.25, 0.3) is 0 Å². The van der Waals surface area contributed by atoms with Crippen LogP contribution in [-0.4, -0.2) is 49.3 Å². The van der Waals surface area contributed by atoms with Crippen LogP contribution in [0, 0.1) is 0 Å². The van der Waals surface area contributed by atoms with Gasteiger partial charge in [0.05, 0.1) is 6.10 Å². The molecular formula is C16H34N2O. The van der Waals surface area contributed by atoms with E-state index in [2.05, 4.69) is 37.9 Å². The third-order valence-corrected chi connectivity index (χ3v) is 3.97. The molecule has 1 rings (SSSR count). The molecule has 0 spiro atoms. The lowest BCUT2D eigenvalue weighted by molar-refractivity contribution is 0.0757. The van der Waals surface area contributed by atoms with E-state index in [9.17, 15) is 0 Å². The second kappa shape index (κ2) is 9.73. The highest BCUT2D eigenvalue weighted by Gasteiger charge is 2.19. The molecule has 1 heterocycles. The second-order valence-corrected chi connectivity index (χ2v) is 6.34. The summed E-state index contributed by atoms with van der Waals surface area (Å²) >= 11 is 0. The van der Waals surface area contributed by atoms with E-state index in [1.165, 1.54) is 51.7 Å². The Hall–Kier alpha value is -0.120. The molecule has 0 unspecified atom stereocenters. The third kappa shape index (κ3) is 7.91. The molecular weight excluding hydrogens is 236 g/mol. The highest BCUT2D eigenvalue weighted by Crippen LogP contribution is 2.12. The molecule has 0 aromatic rings. The Kier molecular flexibility index (Phi) is 8.67. The SMILES string of the molecule is CC(C)OCCCCCNC1CCN(C(C)C)CC1. The van der Waals surface area contributed by atoms with Gasteiger partial charge in [0.15, 0.2) is 0 Å². The number of nitrogens with zero attached hydrogens (tertiary/aromatic N) is 1. The number of piperidine rings is 1. The standard InChI is InChI=1S/C16H34N2O/c1-14(2)18-11-8-16(9-12-18)17-10-6-5-7-13-19-15(3)4/h14-17H,5-13H2,1-4H3. The lowest BCUT2D eigenvalue weighted by atomic mass is 10.0. The van der Waals surface area contributed by atoms with Gasteiger partial charge >= 0.3 is 0 Å². The average Bonchev–Trinajstić information content (AvgIpc) is 2.38. The first-order chi connectivity index (χ1) is 9.09. The third-order valence-electron chi connectivity index (χ3n) is 3.97. The minimum absolute atomic E-state index is 0.379. The van der Waals surface area contributed by atoms with Crippen LogP contribution < -0.4 is 5.32 Å². The molecule has 0 saturated carbocycles. The summed E-state index contributed by atoms with van der Waals surface area (Å²) in [6.45, 7) is 13.4. The Morgan fingerprint density at radius 2 is 1.74 bits per heavy atom. The second-order valence-electron chi connectivity index (χ2n) is 6.34. The molecule has 1 N–H and O–H groups in total. The summed E-state index contributed by atoms with van der Waals surface area (Å²) < 4.78 is 5.55. The molecule has 0 aliphatic carbocycles. The molecule has 1 saturated heterocycles. The first-order valence-electron chi connectivity index (χ1n) is 8.18. The van der Waals surface area contributed by atoms with E-state index in [4.69, 9.17) is 4.74 Å². The van der Waals surface area contributed by atoms with Crippen LogP contribution in [0.4, 0.5) is 0 Å². The number of hydrogen-bond acceptors (Lipinski definition) is 3. The largest absolute Gasteiger partial charge is 0.379 e. The summed E-state index contributed by atoms with van der Waals surface area (Å²) in [5.74, 6) is 0. The molecule has 1 aliphatic heterocycles. The zero-order valence-electron chi connectivity index (χ0n) is 13.5. The van der Waals surface area contributed by atoms with Crippen molar-refractivity contribution in [2.75, 3.05) is 26.2 Å². The van der Waals surface area contributed by atoms with E-state index in [1.807, 2.05) is 0 Å². The molecule has 0 aromatic heterocycles. The van der Waals surface area contributed by atoms with Crippen molar-refractivity contribution in [2.24, 2.45) is 0 Å².